The van der Waals surface area contributed by atoms with Gasteiger partial charge in [0.25, 0.3) is 5.91 Å². The van der Waals surface area contributed by atoms with Gasteiger partial charge >= 0.3 is 0 Å². The molecule has 2 aliphatic heterocycles. The van der Waals surface area contributed by atoms with E-state index in [0.717, 1.165) is 70.1 Å². The van der Waals surface area contributed by atoms with Crippen molar-refractivity contribution in [3.63, 3.8) is 0 Å². The van der Waals surface area contributed by atoms with Crippen molar-refractivity contribution in [2.45, 2.75) is 89.3 Å². The maximum atomic E-state index is 13.7. The Bertz CT molecular complexity index is 996. The zero-order valence-electron chi connectivity index (χ0n) is 23.5. The van der Waals surface area contributed by atoms with E-state index in [1.165, 1.54) is 0 Å². The normalized spacial score (nSPS) is 29.2. The molecule has 0 spiro atoms. The highest BCUT2D eigenvalue weighted by Crippen LogP contribution is 2.35. The van der Waals surface area contributed by atoms with Crippen LogP contribution in [0, 0.1) is 24.7 Å². The molecular weight excluding hydrogens is 492 g/mol. The van der Waals surface area contributed by atoms with Gasteiger partial charge in [-0.15, -0.1) is 0 Å². The first-order chi connectivity index (χ1) is 18.9. The molecule has 214 valence electrons. The number of hydrogen-bond acceptors (Lipinski definition) is 5. The number of rotatable bonds is 9. The van der Waals surface area contributed by atoms with Crippen LogP contribution < -0.4 is 11.1 Å². The number of hydrogen-bond donors (Lipinski definition) is 2. The van der Waals surface area contributed by atoms with Gasteiger partial charge < -0.3 is 25.6 Å². The van der Waals surface area contributed by atoms with Crippen LogP contribution in [0.4, 0.5) is 0 Å². The fourth-order valence-electron chi connectivity index (χ4n) is 6.61. The molecule has 0 aromatic heterocycles. The SMILES string of the molecule is Cc1ccc(C(=O)N2CCC(N(CC3CCCO3)C(=O)C3CC3)C[C@@H]2C(=O)NCC2CCC(CN)CC2)cc1. The minimum absolute atomic E-state index is 0.0656. The lowest BCUT2D eigenvalue weighted by Gasteiger charge is -2.43. The van der Waals surface area contributed by atoms with Crippen LogP contribution >= 0.6 is 0 Å². The van der Waals surface area contributed by atoms with E-state index >= 15 is 0 Å². The molecule has 5 rings (SSSR count). The number of nitrogens with one attached hydrogen (secondary N) is 1. The second-order valence-corrected chi connectivity index (χ2v) is 12.3. The Hall–Kier alpha value is -2.45. The maximum absolute atomic E-state index is 13.7. The summed E-state index contributed by atoms with van der Waals surface area (Å²) in [6.07, 6.45) is 9.47. The van der Waals surface area contributed by atoms with Crippen LogP contribution in [-0.2, 0) is 14.3 Å². The van der Waals surface area contributed by atoms with Gasteiger partial charge in [0.2, 0.25) is 11.8 Å². The van der Waals surface area contributed by atoms with Gasteiger partial charge in [-0.2, -0.15) is 0 Å². The highest BCUT2D eigenvalue weighted by atomic mass is 16.5. The number of carbonyl (C=O) groups is 3. The van der Waals surface area contributed by atoms with Crippen molar-refractivity contribution < 1.29 is 19.1 Å². The topological polar surface area (TPSA) is 105 Å². The Kier molecular flexibility index (Phi) is 9.23. The number of aryl methyl sites for hydroxylation is 1. The predicted octanol–water partition coefficient (Wildman–Crippen LogP) is 3.27. The molecule has 0 radical (unpaired) electrons. The molecule has 1 aromatic carbocycles. The third kappa shape index (κ3) is 7.01. The Balaban J connectivity index is 1.30. The fraction of sp³-hybridized carbons (Fsp3) is 0.710. The number of ether oxygens (including phenoxy) is 1. The monoisotopic (exact) mass is 538 g/mol. The van der Waals surface area contributed by atoms with Crippen LogP contribution in [0.5, 0.6) is 0 Å². The molecule has 2 unspecified atom stereocenters. The van der Waals surface area contributed by atoms with Gasteiger partial charge in [-0.1, -0.05) is 17.7 Å². The van der Waals surface area contributed by atoms with E-state index in [-0.39, 0.29) is 35.8 Å². The van der Waals surface area contributed by atoms with Gasteiger partial charge in [0.05, 0.1) is 6.10 Å². The molecule has 0 bridgehead atoms. The maximum Gasteiger partial charge on any atom is 0.254 e. The first kappa shape index (κ1) is 28.1. The van der Waals surface area contributed by atoms with Gasteiger partial charge in [0.1, 0.15) is 6.04 Å². The first-order valence-electron chi connectivity index (χ1n) is 15.2. The van der Waals surface area contributed by atoms with Crippen LogP contribution in [0.2, 0.25) is 0 Å². The molecule has 4 aliphatic rings. The highest BCUT2D eigenvalue weighted by molar-refractivity contribution is 5.98. The third-order valence-corrected chi connectivity index (χ3v) is 9.38. The molecule has 2 aliphatic carbocycles. The van der Waals surface area contributed by atoms with Crippen LogP contribution in [0.3, 0.4) is 0 Å². The van der Waals surface area contributed by atoms with E-state index in [2.05, 4.69) is 5.32 Å². The molecule has 2 heterocycles. The summed E-state index contributed by atoms with van der Waals surface area (Å²) in [6.45, 7) is 5.15. The summed E-state index contributed by atoms with van der Waals surface area (Å²) >= 11 is 0. The third-order valence-electron chi connectivity index (χ3n) is 9.38. The van der Waals surface area contributed by atoms with E-state index < -0.39 is 6.04 Å². The van der Waals surface area contributed by atoms with E-state index in [4.69, 9.17) is 10.5 Å². The van der Waals surface area contributed by atoms with Crippen molar-refractivity contribution in [1.29, 1.82) is 0 Å². The van der Waals surface area contributed by atoms with E-state index in [1.54, 1.807) is 4.90 Å². The fourth-order valence-corrected chi connectivity index (χ4v) is 6.61. The second kappa shape index (κ2) is 12.8. The molecule has 3 atom stereocenters. The molecule has 2 saturated heterocycles. The standard InChI is InChI=1S/C31H46N4O4/c1-21-4-10-24(11-5-21)30(37)34-15-14-26(35(31(38)25-12-13-25)20-27-3-2-16-39-27)17-28(34)29(36)33-19-23-8-6-22(18-32)7-9-23/h4-5,10-11,22-23,25-28H,2-3,6-9,12-20,32H2,1H3,(H,33,36)/t22?,23?,26?,27?,28-/m1/s1. The number of carbonyl (C=O) groups excluding carboxylic acids is 3. The van der Waals surface area contributed by atoms with Gasteiger partial charge in [0.15, 0.2) is 0 Å². The average molecular weight is 539 g/mol. The van der Waals surface area contributed by atoms with Crippen molar-refractivity contribution in [3.8, 4) is 0 Å². The molecule has 2 saturated carbocycles. The molecule has 39 heavy (non-hydrogen) atoms. The molecular formula is C31H46N4O4. The number of piperidine rings is 1. The molecule has 3 amide bonds. The molecule has 8 nitrogen and oxygen atoms in total. The summed E-state index contributed by atoms with van der Waals surface area (Å²) in [6, 6.07) is 6.88. The Morgan fingerprint density at radius 1 is 1.00 bits per heavy atom. The predicted molar refractivity (Wildman–Crippen MR) is 150 cm³/mol. The number of nitrogens with two attached hydrogens (primary N) is 1. The summed E-state index contributed by atoms with van der Waals surface area (Å²) in [4.78, 5) is 44.5. The summed E-state index contributed by atoms with van der Waals surface area (Å²) in [5.41, 5.74) is 7.55. The number of benzene rings is 1. The Morgan fingerprint density at radius 3 is 2.36 bits per heavy atom. The average Bonchev–Trinajstić information content (AvgIpc) is 3.69. The lowest BCUT2D eigenvalue weighted by Crippen LogP contribution is -2.59. The molecule has 4 fully saturated rings. The van der Waals surface area contributed by atoms with Crippen LogP contribution in [0.25, 0.3) is 0 Å². The summed E-state index contributed by atoms with van der Waals surface area (Å²) in [7, 11) is 0. The number of nitrogens with zero attached hydrogens (tertiary/aromatic N) is 2. The summed E-state index contributed by atoms with van der Waals surface area (Å²) < 4.78 is 5.90. The van der Waals surface area contributed by atoms with E-state index in [1.807, 2.05) is 36.1 Å². The van der Waals surface area contributed by atoms with Crippen LogP contribution in [0.15, 0.2) is 24.3 Å². The summed E-state index contributed by atoms with van der Waals surface area (Å²) in [5, 5.41) is 3.21. The summed E-state index contributed by atoms with van der Waals surface area (Å²) in [5.74, 6) is 1.13. The lowest BCUT2D eigenvalue weighted by atomic mass is 9.82. The van der Waals surface area contributed by atoms with Crippen molar-refractivity contribution in [3.05, 3.63) is 35.4 Å². The zero-order chi connectivity index (χ0) is 27.4. The van der Waals surface area contributed by atoms with Crippen molar-refractivity contribution in [1.82, 2.24) is 15.1 Å². The number of likely N-dealkylation sites (tertiary alicyclic amines) is 1. The van der Waals surface area contributed by atoms with Crippen LogP contribution in [0.1, 0.15) is 80.1 Å². The van der Waals surface area contributed by atoms with Crippen molar-refractivity contribution >= 4 is 17.7 Å². The first-order valence-corrected chi connectivity index (χ1v) is 15.2. The lowest BCUT2D eigenvalue weighted by molar-refractivity contribution is -0.140. The molecule has 1 aromatic rings. The van der Waals surface area contributed by atoms with E-state index in [0.29, 0.717) is 49.9 Å². The van der Waals surface area contributed by atoms with E-state index in [9.17, 15) is 14.4 Å². The van der Waals surface area contributed by atoms with Crippen LogP contribution in [-0.4, -0.2) is 78.5 Å². The van der Waals surface area contributed by atoms with Gasteiger partial charge in [-0.3, -0.25) is 14.4 Å². The largest absolute Gasteiger partial charge is 0.376 e. The Morgan fingerprint density at radius 2 is 1.72 bits per heavy atom. The molecule has 3 N–H and O–H groups in total. The minimum atomic E-state index is -0.600. The van der Waals surface area contributed by atoms with Gasteiger partial charge in [-0.25, -0.2) is 0 Å². The minimum Gasteiger partial charge on any atom is -0.376 e. The Labute approximate surface area is 233 Å². The van der Waals surface area contributed by atoms with Crippen molar-refractivity contribution in [2.75, 3.05) is 32.8 Å². The smallest absolute Gasteiger partial charge is 0.254 e. The zero-order valence-corrected chi connectivity index (χ0v) is 23.5. The van der Waals surface area contributed by atoms with Gasteiger partial charge in [-0.05, 0) is 102 Å². The number of amides is 3. The second-order valence-electron chi connectivity index (χ2n) is 12.3. The van der Waals surface area contributed by atoms with Crippen molar-refractivity contribution in [2.24, 2.45) is 23.5 Å². The highest BCUT2D eigenvalue weighted by Gasteiger charge is 2.43. The van der Waals surface area contributed by atoms with Gasteiger partial charge in [0, 0.05) is 43.8 Å². The quantitative estimate of drug-likeness (QED) is 0.502. The molecule has 8 heteroatoms.